The van der Waals surface area contributed by atoms with Gasteiger partial charge in [0.1, 0.15) is 35.7 Å². The van der Waals surface area contributed by atoms with Gasteiger partial charge in [0.2, 0.25) is 5.95 Å². The number of nitrogen functional groups attached to an aromatic ring is 1. The standard InChI is InChI=1S/C20H30N6O6S/c1-8(2)11(21)18(29)31-7-10-12(27)13(28)17(32-10)26-16-14(33-20(26)30)15(24-19(22)25-16)23-9-5-3-4-6-9/h8-13,17,27-28H,3-7,21H2,1-2H3,(H3,22,23,24,25)/t10-,11+,12-,13-,17-/m1/s1. The van der Waals surface area contributed by atoms with E-state index in [2.05, 4.69) is 15.3 Å². The Hall–Kier alpha value is -2.32. The number of esters is 1. The molecule has 0 amide bonds. The molecule has 0 bridgehead atoms. The van der Waals surface area contributed by atoms with E-state index in [1.807, 2.05) is 0 Å². The van der Waals surface area contributed by atoms with Crippen LogP contribution >= 0.6 is 11.3 Å². The van der Waals surface area contributed by atoms with E-state index in [0.717, 1.165) is 41.6 Å². The number of thiazole rings is 1. The highest BCUT2D eigenvalue weighted by Gasteiger charge is 2.46. The monoisotopic (exact) mass is 482 g/mol. The maximum Gasteiger partial charge on any atom is 0.323 e. The number of aliphatic hydroxyl groups excluding tert-OH is 2. The lowest BCUT2D eigenvalue weighted by Gasteiger charge is -2.18. The number of aliphatic hydroxyl groups is 2. The number of carbonyl (C=O) groups excluding carboxylic acids is 1. The van der Waals surface area contributed by atoms with Gasteiger partial charge in [-0.25, -0.2) is 0 Å². The van der Waals surface area contributed by atoms with Crippen molar-refractivity contribution in [2.24, 2.45) is 11.7 Å². The Morgan fingerprint density at radius 2 is 2.00 bits per heavy atom. The summed E-state index contributed by atoms with van der Waals surface area (Å²) in [4.78, 5) is 33.0. The summed E-state index contributed by atoms with van der Waals surface area (Å²) in [5.74, 6) is -0.333. The van der Waals surface area contributed by atoms with Gasteiger partial charge in [0.25, 0.3) is 0 Å². The average Bonchev–Trinajstić information content (AvgIpc) is 3.46. The van der Waals surface area contributed by atoms with Crippen molar-refractivity contribution in [1.82, 2.24) is 14.5 Å². The number of hydrogen-bond acceptors (Lipinski definition) is 12. The van der Waals surface area contributed by atoms with E-state index in [-0.39, 0.29) is 30.2 Å². The van der Waals surface area contributed by atoms with Crippen molar-refractivity contribution in [3.8, 4) is 0 Å². The Labute approximate surface area is 193 Å². The van der Waals surface area contributed by atoms with Crippen molar-refractivity contribution in [2.45, 2.75) is 76.2 Å². The lowest BCUT2D eigenvalue weighted by atomic mass is 10.1. The van der Waals surface area contributed by atoms with Crippen LogP contribution in [-0.4, -0.2) is 67.7 Å². The number of ether oxygens (including phenoxy) is 2. The number of nitrogens with one attached hydrogen (secondary N) is 1. The Morgan fingerprint density at radius 3 is 2.67 bits per heavy atom. The molecular weight excluding hydrogens is 452 g/mol. The minimum Gasteiger partial charge on any atom is -0.462 e. The van der Waals surface area contributed by atoms with E-state index in [0.29, 0.717) is 10.5 Å². The minimum atomic E-state index is -1.45. The van der Waals surface area contributed by atoms with Crippen molar-refractivity contribution < 1.29 is 24.5 Å². The molecule has 7 N–H and O–H groups in total. The molecule has 1 aliphatic carbocycles. The second-order valence-corrected chi connectivity index (χ2v) is 9.85. The highest BCUT2D eigenvalue weighted by molar-refractivity contribution is 7.17. The zero-order valence-electron chi connectivity index (χ0n) is 18.5. The number of hydrogen-bond donors (Lipinski definition) is 5. The second kappa shape index (κ2) is 9.50. The van der Waals surface area contributed by atoms with E-state index >= 15 is 0 Å². The zero-order valence-corrected chi connectivity index (χ0v) is 19.3. The zero-order chi connectivity index (χ0) is 23.9. The lowest BCUT2D eigenvalue weighted by molar-refractivity contribution is -0.152. The minimum absolute atomic E-state index is 0.0317. The summed E-state index contributed by atoms with van der Waals surface area (Å²) in [6, 6.07) is -0.585. The molecule has 33 heavy (non-hydrogen) atoms. The van der Waals surface area contributed by atoms with Crippen LogP contribution in [0.4, 0.5) is 11.8 Å². The molecule has 2 fully saturated rings. The number of nitrogens with zero attached hydrogens (tertiary/aromatic N) is 3. The number of rotatable bonds is 7. The van der Waals surface area contributed by atoms with E-state index in [1.54, 1.807) is 13.8 Å². The van der Waals surface area contributed by atoms with Crippen LogP contribution in [0.5, 0.6) is 0 Å². The van der Waals surface area contributed by atoms with Gasteiger partial charge in [-0.3, -0.25) is 14.2 Å². The first kappa shape index (κ1) is 23.8. The van der Waals surface area contributed by atoms with Crippen LogP contribution < -0.4 is 21.7 Å². The fourth-order valence-corrected chi connectivity index (χ4v) is 5.03. The van der Waals surface area contributed by atoms with Crippen molar-refractivity contribution >= 4 is 39.4 Å². The second-order valence-electron chi connectivity index (χ2n) is 8.89. The van der Waals surface area contributed by atoms with E-state index in [1.165, 1.54) is 0 Å². The molecule has 4 rings (SSSR count). The molecule has 12 nitrogen and oxygen atoms in total. The number of fused-ring (bicyclic) bond motifs is 1. The molecular formula is C20H30N6O6S. The first-order chi connectivity index (χ1) is 15.7. The average molecular weight is 483 g/mol. The van der Waals surface area contributed by atoms with Crippen molar-refractivity contribution in [2.75, 3.05) is 17.7 Å². The largest absolute Gasteiger partial charge is 0.462 e. The van der Waals surface area contributed by atoms with Crippen LogP contribution in [0, 0.1) is 5.92 Å². The normalized spacial score (nSPS) is 26.8. The van der Waals surface area contributed by atoms with Gasteiger partial charge in [0.15, 0.2) is 17.7 Å². The molecule has 2 aliphatic rings. The van der Waals surface area contributed by atoms with Gasteiger partial charge in [-0.2, -0.15) is 9.97 Å². The first-order valence-corrected chi connectivity index (χ1v) is 11.9. The highest BCUT2D eigenvalue weighted by Crippen LogP contribution is 2.34. The van der Waals surface area contributed by atoms with Gasteiger partial charge >= 0.3 is 10.8 Å². The summed E-state index contributed by atoms with van der Waals surface area (Å²) in [7, 11) is 0. The van der Waals surface area contributed by atoms with Crippen molar-refractivity contribution in [3.05, 3.63) is 9.67 Å². The van der Waals surface area contributed by atoms with E-state index in [4.69, 9.17) is 20.9 Å². The summed E-state index contributed by atoms with van der Waals surface area (Å²) >= 11 is 0.904. The molecule has 0 radical (unpaired) electrons. The number of carbonyl (C=O) groups is 1. The Bertz CT molecular complexity index is 1070. The predicted molar refractivity (Wildman–Crippen MR) is 122 cm³/mol. The van der Waals surface area contributed by atoms with Gasteiger partial charge in [0, 0.05) is 6.04 Å². The smallest absolute Gasteiger partial charge is 0.323 e. The molecule has 0 spiro atoms. The molecule has 13 heteroatoms. The maximum atomic E-state index is 12.9. The Kier molecular flexibility index (Phi) is 6.86. The van der Waals surface area contributed by atoms with E-state index < -0.39 is 41.4 Å². The number of anilines is 2. The first-order valence-electron chi connectivity index (χ1n) is 11.1. The third-order valence-corrected chi connectivity index (χ3v) is 7.10. The summed E-state index contributed by atoms with van der Waals surface area (Å²) in [6.45, 7) is 3.24. The van der Waals surface area contributed by atoms with Crippen LogP contribution in [0.2, 0.25) is 0 Å². The van der Waals surface area contributed by atoms with Gasteiger partial charge in [-0.05, 0) is 18.8 Å². The van der Waals surface area contributed by atoms with Crippen LogP contribution in [0.1, 0.15) is 45.8 Å². The molecule has 3 heterocycles. The summed E-state index contributed by atoms with van der Waals surface area (Å²) < 4.78 is 12.6. The summed E-state index contributed by atoms with van der Waals surface area (Å²) in [5, 5.41) is 24.4. The Morgan fingerprint density at radius 1 is 1.30 bits per heavy atom. The summed E-state index contributed by atoms with van der Waals surface area (Å²) in [6.07, 6.45) is -0.903. The Balaban J connectivity index is 1.58. The van der Waals surface area contributed by atoms with E-state index in [9.17, 15) is 19.8 Å². The number of nitrogens with two attached hydrogens (primary N) is 2. The fraction of sp³-hybridized carbons (Fsp3) is 0.700. The SMILES string of the molecule is CC(C)[C@H](N)C(=O)OC[C@H]1O[C@@H](n2c(=O)sc3c(NC4CCCC4)nc(N)nc32)[C@H](O)[C@@H]1O. The molecule has 2 aromatic heterocycles. The highest BCUT2D eigenvalue weighted by atomic mass is 32.1. The maximum absolute atomic E-state index is 12.9. The molecule has 5 atom stereocenters. The van der Waals surface area contributed by atoms with Gasteiger partial charge in [-0.1, -0.05) is 38.0 Å². The third-order valence-electron chi connectivity index (χ3n) is 6.15. The molecule has 1 saturated carbocycles. The van der Waals surface area contributed by atoms with Crippen LogP contribution in [0.15, 0.2) is 4.79 Å². The molecule has 1 saturated heterocycles. The van der Waals surface area contributed by atoms with Gasteiger partial charge < -0.3 is 36.5 Å². The quantitative estimate of drug-likeness (QED) is 0.332. The predicted octanol–water partition coefficient (Wildman–Crippen LogP) is -0.0646. The fourth-order valence-electron chi connectivity index (χ4n) is 4.13. The molecule has 0 unspecified atom stereocenters. The summed E-state index contributed by atoms with van der Waals surface area (Å²) in [5.41, 5.74) is 11.9. The third kappa shape index (κ3) is 4.68. The van der Waals surface area contributed by atoms with Gasteiger partial charge in [0.05, 0.1) is 0 Å². The number of aromatic nitrogens is 3. The van der Waals surface area contributed by atoms with Crippen molar-refractivity contribution in [3.63, 3.8) is 0 Å². The van der Waals surface area contributed by atoms with Crippen LogP contribution in [0.3, 0.4) is 0 Å². The molecule has 182 valence electrons. The lowest BCUT2D eigenvalue weighted by Crippen LogP contribution is -2.40. The topological polar surface area (TPSA) is 188 Å². The van der Waals surface area contributed by atoms with Gasteiger partial charge in [-0.15, -0.1) is 0 Å². The van der Waals surface area contributed by atoms with Crippen LogP contribution in [0.25, 0.3) is 10.3 Å². The molecule has 1 aliphatic heterocycles. The molecule has 2 aromatic rings. The van der Waals surface area contributed by atoms with Crippen molar-refractivity contribution in [1.29, 1.82) is 0 Å². The molecule has 0 aromatic carbocycles. The van der Waals surface area contributed by atoms with Crippen LogP contribution in [-0.2, 0) is 14.3 Å².